The first-order chi connectivity index (χ1) is 8.70. The Bertz CT molecular complexity index is 405. The molecule has 0 radical (unpaired) electrons. The predicted molar refractivity (Wildman–Crippen MR) is 73.4 cm³/mol. The first kappa shape index (κ1) is 13.6. The minimum atomic E-state index is -0.0806. The quantitative estimate of drug-likeness (QED) is 0.798. The summed E-state index contributed by atoms with van der Waals surface area (Å²) < 4.78 is 0.874. The number of hydrogen-bond acceptors (Lipinski definition) is 2. The first-order valence-corrected chi connectivity index (χ1v) is 7.23. The van der Waals surface area contributed by atoms with Crippen LogP contribution in [0.1, 0.15) is 36.2 Å². The maximum absolute atomic E-state index is 11.9. The minimum absolute atomic E-state index is 0.0806. The smallest absolute Gasteiger partial charge is 0.267 e. The fraction of sp³-hybridized carbons (Fsp3) is 0.615. The molecule has 2 rings (SSSR count). The lowest BCUT2D eigenvalue weighted by molar-refractivity contribution is 0.0905. The zero-order valence-electron chi connectivity index (χ0n) is 10.3. The van der Waals surface area contributed by atoms with Gasteiger partial charge in [-0.2, -0.15) is 0 Å². The predicted octanol–water partition coefficient (Wildman–Crippen LogP) is 2.31. The number of carbonyl (C=O) groups excluding carboxylic acids is 1. The molecule has 0 saturated heterocycles. The van der Waals surface area contributed by atoms with Gasteiger partial charge in [0.2, 0.25) is 0 Å². The van der Waals surface area contributed by atoms with Crippen molar-refractivity contribution in [2.24, 2.45) is 11.8 Å². The van der Waals surface area contributed by atoms with Gasteiger partial charge in [-0.1, -0.05) is 12.8 Å². The summed E-state index contributed by atoms with van der Waals surface area (Å²) in [5.74, 6) is 0.670. The molecule has 1 aliphatic rings. The maximum Gasteiger partial charge on any atom is 0.267 e. The third kappa shape index (κ3) is 3.36. The normalized spacial score (nSPS) is 23.9. The van der Waals surface area contributed by atoms with E-state index >= 15 is 0 Å². The molecular weight excluding hydrogens is 296 g/mol. The summed E-state index contributed by atoms with van der Waals surface area (Å²) in [5, 5.41) is 12.3. The van der Waals surface area contributed by atoms with E-state index < -0.39 is 0 Å². The lowest BCUT2D eigenvalue weighted by Gasteiger charge is -2.30. The van der Waals surface area contributed by atoms with Crippen molar-refractivity contribution in [3.8, 4) is 0 Å². The number of hydrogen-bond donors (Lipinski definition) is 3. The lowest BCUT2D eigenvalue weighted by Crippen LogP contribution is -2.35. The number of halogens is 1. The van der Waals surface area contributed by atoms with Gasteiger partial charge in [0, 0.05) is 23.8 Å². The van der Waals surface area contributed by atoms with Gasteiger partial charge in [0.25, 0.3) is 5.91 Å². The molecule has 0 aliphatic heterocycles. The summed E-state index contributed by atoms with van der Waals surface area (Å²) in [6, 6.07) is 1.76. The summed E-state index contributed by atoms with van der Waals surface area (Å²) in [6.45, 7) is 0.884. The minimum Gasteiger partial charge on any atom is -0.396 e. The summed E-state index contributed by atoms with van der Waals surface area (Å²) in [4.78, 5) is 14.8. The van der Waals surface area contributed by atoms with Crippen LogP contribution in [0.2, 0.25) is 0 Å². The Labute approximate surface area is 115 Å². The number of aromatic amines is 1. The summed E-state index contributed by atoms with van der Waals surface area (Å²) in [7, 11) is 0. The maximum atomic E-state index is 11.9. The Kier molecular flexibility index (Phi) is 4.83. The Morgan fingerprint density at radius 1 is 1.44 bits per heavy atom. The van der Waals surface area contributed by atoms with Gasteiger partial charge in [-0.3, -0.25) is 4.79 Å². The van der Waals surface area contributed by atoms with Gasteiger partial charge in [0.15, 0.2) is 0 Å². The van der Waals surface area contributed by atoms with Crippen molar-refractivity contribution in [2.45, 2.75) is 25.7 Å². The van der Waals surface area contributed by atoms with Crippen LogP contribution in [0, 0.1) is 11.8 Å². The second kappa shape index (κ2) is 6.38. The van der Waals surface area contributed by atoms with Crippen LogP contribution in [0.15, 0.2) is 16.7 Å². The molecule has 18 heavy (non-hydrogen) atoms. The van der Waals surface area contributed by atoms with Crippen LogP contribution in [0.5, 0.6) is 0 Å². The molecule has 3 N–H and O–H groups in total. The fourth-order valence-electron chi connectivity index (χ4n) is 2.61. The van der Waals surface area contributed by atoms with Crippen molar-refractivity contribution in [1.29, 1.82) is 0 Å². The molecule has 0 aromatic carbocycles. The van der Waals surface area contributed by atoms with Crippen molar-refractivity contribution in [3.63, 3.8) is 0 Å². The molecule has 1 heterocycles. The molecule has 100 valence electrons. The van der Waals surface area contributed by atoms with Crippen molar-refractivity contribution < 1.29 is 9.90 Å². The molecule has 1 aromatic heterocycles. The van der Waals surface area contributed by atoms with Crippen LogP contribution >= 0.6 is 15.9 Å². The molecule has 4 nitrogen and oxygen atoms in total. The average molecular weight is 315 g/mol. The summed E-state index contributed by atoms with van der Waals surface area (Å²) >= 11 is 3.30. The SMILES string of the molecule is O=C(NCC1CCCCC1CO)c1cc(Br)c[nH]1. The van der Waals surface area contributed by atoms with Gasteiger partial charge in [-0.05, 0) is 46.7 Å². The summed E-state index contributed by atoms with van der Waals surface area (Å²) in [5.41, 5.74) is 0.568. The number of amides is 1. The topological polar surface area (TPSA) is 65.1 Å². The molecular formula is C13H19BrN2O2. The zero-order chi connectivity index (χ0) is 13.0. The summed E-state index contributed by atoms with van der Waals surface area (Å²) in [6.07, 6.45) is 6.31. The number of H-pyrrole nitrogens is 1. The van der Waals surface area contributed by atoms with Crippen LogP contribution < -0.4 is 5.32 Å². The largest absolute Gasteiger partial charge is 0.396 e. The molecule has 0 spiro atoms. The van der Waals surface area contributed by atoms with Gasteiger partial charge in [0.05, 0.1) is 0 Å². The third-order valence-corrected chi connectivity index (χ3v) is 4.18. The Morgan fingerprint density at radius 2 is 2.17 bits per heavy atom. The highest BCUT2D eigenvalue weighted by molar-refractivity contribution is 9.10. The van der Waals surface area contributed by atoms with E-state index in [2.05, 4.69) is 26.2 Å². The van der Waals surface area contributed by atoms with Crippen LogP contribution in [-0.4, -0.2) is 29.1 Å². The highest BCUT2D eigenvalue weighted by atomic mass is 79.9. The van der Waals surface area contributed by atoms with Crippen molar-refractivity contribution in [3.05, 3.63) is 22.4 Å². The lowest BCUT2D eigenvalue weighted by atomic mass is 9.79. The number of carbonyl (C=O) groups is 1. The molecule has 0 bridgehead atoms. The number of aliphatic hydroxyl groups is 1. The molecule has 5 heteroatoms. The molecule has 2 unspecified atom stereocenters. The Morgan fingerprint density at radius 3 is 2.78 bits per heavy atom. The highest BCUT2D eigenvalue weighted by Crippen LogP contribution is 2.29. The Balaban J connectivity index is 1.85. The van der Waals surface area contributed by atoms with Gasteiger partial charge in [0.1, 0.15) is 5.69 Å². The third-order valence-electron chi connectivity index (χ3n) is 3.72. The molecule has 1 aromatic rings. The van der Waals surface area contributed by atoms with Gasteiger partial charge < -0.3 is 15.4 Å². The van der Waals surface area contributed by atoms with Gasteiger partial charge in [-0.25, -0.2) is 0 Å². The molecule has 1 saturated carbocycles. The molecule has 2 atom stereocenters. The second-order valence-corrected chi connectivity index (χ2v) is 5.84. The van der Waals surface area contributed by atoms with E-state index in [4.69, 9.17) is 0 Å². The standard InChI is InChI=1S/C13H19BrN2O2/c14-11-5-12(15-7-11)13(18)16-6-9-3-1-2-4-10(9)8-17/h5,7,9-10,15,17H,1-4,6,8H2,(H,16,18). The van der Waals surface area contributed by atoms with Crippen LogP contribution in [-0.2, 0) is 0 Å². The first-order valence-electron chi connectivity index (χ1n) is 6.43. The van der Waals surface area contributed by atoms with E-state index in [1.54, 1.807) is 12.3 Å². The molecule has 1 fully saturated rings. The van der Waals surface area contributed by atoms with Crippen LogP contribution in [0.4, 0.5) is 0 Å². The van der Waals surface area contributed by atoms with E-state index in [0.29, 0.717) is 24.1 Å². The number of aliphatic hydroxyl groups excluding tert-OH is 1. The van der Waals surface area contributed by atoms with Crippen LogP contribution in [0.3, 0.4) is 0 Å². The van der Waals surface area contributed by atoms with Crippen molar-refractivity contribution >= 4 is 21.8 Å². The van der Waals surface area contributed by atoms with E-state index in [1.165, 1.54) is 12.8 Å². The fourth-order valence-corrected chi connectivity index (χ4v) is 2.95. The van der Waals surface area contributed by atoms with Crippen LogP contribution in [0.25, 0.3) is 0 Å². The van der Waals surface area contributed by atoms with Gasteiger partial charge >= 0.3 is 0 Å². The molecule has 1 aliphatic carbocycles. The second-order valence-electron chi connectivity index (χ2n) is 4.93. The highest BCUT2D eigenvalue weighted by Gasteiger charge is 2.24. The average Bonchev–Trinajstić information content (AvgIpc) is 2.83. The van der Waals surface area contributed by atoms with Crippen molar-refractivity contribution in [1.82, 2.24) is 10.3 Å². The van der Waals surface area contributed by atoms with Gasteiger partial charge in [-0.15, -0.1) is 0 Å². The Hall–Kier alpha value is -0.810. The molecule has 1 amide bonds. The van der Waals surface area contributed by atoms with Crippen molar-refractivity contribution in [2.75, 3.05) is 13.2 Å². The van der Waals surface area contributed by atoms with E-state index in [9.17, 15) is 9.90 Å². The van der Waals surface area contributed by atoms with E-state index in [1.807, 2.05) is 0 Å². The number of nitrogens with one attached hydrogen (secondary N) is 2. The van der Waals surface area contributed by atoms with E-state index in [-0.39, 0.29) is 12.5 Å². The van der Waals surface area contributed by atoms with E-state index in [0.717, 1.165) is 17.3 Å². The number of rotatable bonds is 4. The zero-order valence-corrected chi connectivity index (χ0v) is 11.9. The number of aromatic nitrogens is 1. The monoisotopic (exact) mass is 314 g/mol.